The molecule has 0 amide bonds. The van der Waals surface area contributed by atoms with Gasteiger partial charge in [-0.25, -0.2) is 8.78 Å². The van der Waals surface area contributed by atoms with E-state index < -0.39 is 6.43 Å². The molecule has 0 spiro atoms. The first-order valence-corrected chi connectivity index (χ1v) is 6.84. The van der Waals surface area contributed by atoms with Crippen molar-refractivity contribution in [2.45, 2.75) is 26.7 Å². The summed E-state index contributed by atoms with van der Waals surface area (Å²) in [5.41, 5.74) is 0.819. The van der Waals surface area contributed by atoms with Crippen molar-refractivity contribution in [3.05, 3.63) is 23.9 Å². The first-order valence-electron chi connectivity index (χ1n) is 6.84. The van der Waals surface area contributed by atoms with Crippen LogP contribution in [0.3, 0.4) is 0 Å². The Labute approximate surface area is 133 Å². The summed E-state index contributed by atoms with van der Waals surface area (Å²) in [6.07, 6.45) is 2.81. The van der Waals surface area contributed by atoms with Crippen molar-refractivity contribution in [1.82, 2.24) is 15.0 Å². The molecule has 6 nitrogen and oxygen atoms in total. The standard InChI is InChI=1S/C13H19F2N5O.CH3F/c1-4-5-6-9(2)17-12-18-11(16-3)19-13(20-12)21-8-7-10(14)15;1-2/h4-6,10H,7-8H2,1-3H3,(H2,16,17,18,19,20);1H3/b5-4-,9-6+;. The number of rotatable bonds is 8. The molecule has 0 aromatic carbocycles. The third-order valence-corrected chi connectivity index (χ3v) is 2.25. The van der Waals surface area contributed by atoms with Gasteiger partial charge in [-0.15, -0.1) is 0 Å². The topological polar surface area (TPSA) is 72.0 Å². The van der Waals surface area contributed by atoms with Gasteiger partial charge in [0.05, 0.1) is 13.8 Å². The second-order valence-corrected chi connectivity index (χ2v) is 4.04. The second-order valence-electron chi connectivity index (χ2n) is 4.04. The predicted molar refractivity (Wildman–Crippen MR) is 84.7 cm³/mol. The van der Waals surface area contributed by atoms with E-state index in [0.29, 0.717) is 13.1 Å². The zero-order chi connectivity index (χ0) is 17.7. The fraction of sp³-hybridized carbons (Fsp3) is 0.500. The van der Waals surface area contributed by atoms with Gasteiger partial charge in [0.15, 0.2) is 0 Å². The Morgan fingerprint density at radius 1 is 1.22 bits per heavy atom. The average molecular weight is 333 g/mol. The number of hydrogen-bond acceptors (Lipinski definition) is 6. The van der Waals surface area contributed by atoms with Crippen molar-refractivity contribution in [1.29, 1.82) is 0 Å². The van der Waals surface area contributed by atoms with Crippen LogP contribution in [0, 0.1) is 0 Å². The van der Waals surface area contributed by atoms with Crippen LogP contribution in [0.5, 0.6) is 6.01 Å². The van der Waals surface area contributed by atoms with E-state index in [1.54, 1.807) is 7.05 Å². The lowest BCUT2D eigenvalue weighted by atomic mass is 10.4. The maximum Gasteiger partial charge on any atom is 0.323 e. The maximum absolute atomic E-state index is 12.1. The summed E-state index contributed by atoms with van der Waals surface area (Å²) in [6, 6.07) is -0.00339. The molecule has 9 heteroatoms. The van der Waals surface area contributed by atoms with Gasteiger partial charge in [-0.05, 0) is 19.9 Å². The molecule has 1 heterocycles. The third kappa shape index (κ3) is 9.33. The van der Waals surface area contributed by atoms with Crippen molar-refractivity contribution in [3.8, 4) is 6.01 Å². The van der Waals surface area contributed by atoms with Crippen LogP contribution in [0.1, 0.15) is 20.3 Å². The molecule has 0 fully saturated rings. The molecule has 0 saturated heterocycles. The van der Waals surface area contributed by atoms with Crippen LogP contribution < -0.4 is 15.4 Å². The minimum absolute atomic E-state index is 0.00339. The number of anilines is 2. The molecule has 1 aromatic heterocycles. The Morgan fingerprint density at radius 2 is 1.87 bits per heavy atom. The molecular weight excluding hydrogens is 311 g/mol. The van der Waals surface area contributed by atoms with Gasteiger partial charge in [0.2, 0.25) is 18.3 Å². The fourth-order valence-corrected chi connectivity index (χ4v) is 1.29. The summed E-state index contributed by atoms with van der Waals surface area (Å²) < 4.78 is 38.8. The van der Waals surface area contributed by atoms with Crippen molar-refractivity contribution in [2.75, 3.05) is 31.5 Å². The van der Waals surface area contributed by atoms with Gasteiger partial charge in [-0.3, -0.25) is 4.39 Å². The van der Waals surface area contributed by atoms with E-state index in [2.05, 4.69) is 25.6 Å². The van der Waals surface area contributed by atoms with E-state index in [1.165, 1.54) is 0 Å². The lowest BCUT2D eigenvalue weighted by Gasteiger charge is -2.09. The summed E-state index contributed by atoms with van der Waals surface area (Å²) in [5, 5.41) is 5.73. The third-order valence-electron chi connectivity index (χ3n) is 2.25. The first-order chi connectivity index (χ1) is 11.0. The van der Waals surface area contributed by atoms with Crippen LogP contribution in [0.25, 0.3) is 0 Å². The highest BCUT2D eigenvalue weighted by molar-refractivity contribution is 5.40. The number of aromatic nitrogens is 3. The lowest BCUT2D eigenvalue weighted by molar-refractivity contribution is 0.111. The molecule has 0 unspecified atom stereocenters. The minimum Gasteiger partial charge on any atom is -0.463 e. The largest absolute Gasteiger partial charge is 0.463 e. The Balaban J connectivity index is 0.00000232. The Bertz CT molecular complexity index is 509. The van der Waals surface area contributed by atoms with Crippen molar-refractivity contribution < 1.29 is 17.9 Å². The molecule has 0 radical (unpaired) electrons. The molecule has 0 aliphatic heterocycles. The molecule has 0 aliphatic carbocycles. The van der Waals surface area contributed by atoms with Crippen LogP contribution in [-0.4, -0.2) is 42.2 Å². The Morgan fingerprint density at radius 3 is 2.43 bits per heavy atom. The molecule has 1 aromatic rings. The smallest absolute Gasteiger partial charge is 0.323 e. The zero-order valence-electron chi connectivity index (χ0n) is 13.6. The van der Waals surface area contributed by atoms with Crippen molar-refractivity contribution in [3.63, 3.8) is 0 Å². The number of alkyl halides is 3. The van der Waals surface area contributed by atoms with E-state index in [0.717, 1.165) is 5.70 Å². The lowest BCUT2D eigenvalue weighted by Crippen LogP contribution is -2.10. The van der Waals surface area contributed by atoms with Crippen LogP contribution >= 0.6 is 0 Å². The van der Waals surface area contributed by atoms with Gasteiger partial charge < -0.3 is 15.4 Å². The highest BCUT2D eigenvalue weighted by Crippen LogP contribution is 2.13. The van der Waals surface area contributed by atoms with Crippen LogP contribution in [-0.2, 0) is 0 Å². The number of nitrogens with zero attached hydrogens (tertiary/aromatic N) is 3. The van der Waals surface area contributed by atoms with E-state index in [-0.39, 0.29) is 25.0 Å². The van der Waals surface area contributed by atoms with E-state index >= 15 is 0 Å². The van der Waals surface area contributed by atoms with Gasteiger partial charge in [-0.2, -0.15) is 15.0 Å². The second kappa shape index (κ2) is 12.2. The van der Waals surface area contributed by atoms with E-state index in [9.17, 15) is 13.2 Å². The number of allylic oxidation sites excluding steroid dienone is 4. The Hall–Kier alpha value is -2.32. The molecule has 0 atom stereocenters. The van der Waals surface area contributed by atoms with Crippen LogP contribution in [0.2, 0.25) is 0 Å². The van der Waals surface area contributed by atoms with E-state index in [1.807, 2.05) is 32.1 Å². The maximum atomic E-state index is 12.1. The number of nitrogens with one attached hydrogen (secondary N) is 2. The zero-order valence-corrected chi connectivity index (χ0v) is 13.6. The number of ether oxygens (including phenoxy) is 1. The summed E-state index contributed by atoms with van der Waals surface area (Å²) in [4.78, 5) is 12.1. The van der Waals surface area contributed by atoms with Gasteiger partial charge in [0.25, 0.3) is 0 Å². The quantitative estimate of drug-likeness (QED) is 0.710. The number of halogens is 3. The SMILES string of the molecule is C/C=C\C=C(/C)Nc1nc(NC)nc(OCCC(F)F)n1.CF. The monoisotopic (exact) mass is 333 g/mol. The first kappa shape index (κ1) is 20.7. The van der Waals surface area contributed by atoms with E-state index in [4.69, 9.17) is 4.74 Å². The average Bonchev–Trinajstić information content (AvgIpc) is 2.54. The van der Waals surface area contributed by atoms with Crippen molar-refractivity contribution >= 4 is 11.9 Å². The van der Waals surface area contributed by atoms with Crippen LogP contribution in [0.4, 0.5) is 25.1 Å². The molecule has 1 rings (SSSR count). The van der Waals surface area contributed by atoms with Gasteiger partial charge in [0, 0.05) is 19.2 Å². The van der Waals surface area contributed by atoms with Crippen LogP contribution in [0.15, 0.2) is 23.9 Å². The van der Waals surface area contributed by atoms with Gasteiger partial charge in [0.1, 0.15) is 0 Å². The fourth-order valence-electron chi connectivity index (χ4n) is 1.29. The highest BCUT2D eigenvalue weighted by atomic mass is 19.3. The molecule has 2 N–H and O–H groups in total. The molecule has 0 saturated carbocycles. The molecule has 130 valence electrons. The molecular formula is C14H22F3N5O. The van der Waals surface area contributed by atoms with Gasteiger partial charge in [-0.1, -0.05) is 12.2 Å². The highest BCUT2D eigenvalue weighted by Gasteiger charge is 2.08. The predicted octanol–water partition coefficient (Wildman–Crippen LogP) is 3.42. The normalized spacial score (nSPS) is 11.2. The summed E-state index contributed by atoms with van der Waals surface area (Å²) in [6.45, 7) is 3.60. The summed E-state index contributed by atoms with van der Waals surface area (Å²) >= 11 is 0. The summed E-state index contributed by atoms with van der Waals surface area (Å²) in [7, 11) is 2.14. The van der Waals surface area contributed by atoms with Gasteiger partial charge >= 0.3 is 6.01 Å². The summed E-state index contributed by atoms with van der Waals surface area (Å²) in [5.74, 6) is 0.568. The minimum atomic E-state index is -2.42. The Kier molecular flexibility index (Phi) is 11.0. The molecule has 23 heavy (non-hydrogen) atoms. The van der Waals surface area contributed by atoms with Crippen molar-refractivity contribution in [2.24, 2.45) is 0 Å². The number of hydrogen-bond donors (Lipinski definition) is 2. The molecule has 0 aliphatic rings. The molecule has 0 bridgehead atoms.